The highest BCUT2D eigenvalue weighted by molar-refractivity contribution is 5.93. The minimum atomic E-state index is -1.20. The summed E-state index contributed by atoms with van der Waals surface area (Å²) in [6.45, 7) is 0. The zero-order valence-corrected chi connectivity index (χ0v) is 12.2. The van der Waals surface area contributed by atoms with E-state index in [1.165, 1.54) is 14.2 Å². The topological polar surface area (TPSA) is 51.0 Å². The summed E-state index contributed by atoms with van der Waals surface area (Å²) in [5, 5.41) is 12.9. The normalized spacial score (nSPS) is 12.4. The Bertz CT molecular complexity index is 577. The van der Waals surface area contributed by atoms with Gasteiger partial charge in [0, 0.05) is 26.2 Å². The summed E-state index contributed by atoms with van der Waals surface area (Å²) in [6.07, 6.45) is 0.425. The average Bonchev–Trinajstić information content (AvgIpc) is 2.57. The van der Waals surface area contributed by atoms with Gasteiger partial charge < -0.3 is 14.7 Å². The van der Waals surface area contributed by atoms with E-state index in [1.54, 1.807) is 0 Å². The van der Waals surface area contributed by atoms with Crippen molar-refractivity contribution in [1.29, 1.82) is 0 Å². The molecule has 4 nitrogen and oxygen atoms in total. The molecule has 0 aromatic heterocycles. The zero-order valence-electron chi connectivity index (χ0n) is 12.2. The van der Waals surface area contributed by atoms with Crippen molar-refractivity contribution in [2.24, 2.45) is 5.16 Å². The van der Waals surface area contributed by atoms with E-state index in [0.29, 0.717) is 12.1 Å². The molecule has 0 amide bonds. The number of benzene rings is 2. The van der Waals surface area contributed by atoms with Crippen LogP contribution in [-0.4, -0.2) is 25.1 Å². The van der Waals surface area contributed by atoms with Gasteiger partial charge in [0.25, 0.3) is 0 Å². The average molecular weight is 285 g/mol. The molecule has 0 spiro atoms. The van der Waals surface area contributed by atoms with Crippen molar-refractivity contribution in [3.8, 4) is 0 Å². The lowest BCUT2D eigenvalue weighted by Crippen LogP contribution is -2.41. The number of hydrogen-bond acceptors (Lipinski definition) is 4. The van der Waals surface area contributed by atoms with Crippen molar-refractivity contribution in [2.45, 2.75) is 12.2 Å². The summed E-state index contributed by atoms with van der Waals surface area (Å²) in [5.74, 6) is -1.20. The van der Waals surface area contributed by atoms with Gasteiger partial charge in [0.1, 0.15) is 5.71 Å². The molecule has 2 rings (SSSR count). The molecular weight excluding hydrogens is 266 g/mol. The Morgan fingerprint density at radius 1 is 0.952 bits per heavy atom. The molecule has 0 atom stereocenters. The quantitative estimate of drug-likeness (QED) is 0.384. The molecule has 0 fully saturated rings. The molecule has 2 aromatic carbocycles. The highest BCUT2D eigenvalue weighted by Gasteiger charge is 2.39. The van der Waals surface area contributed by atoms with Crippen LogP contribution in [0.4, 0.5) is 0 Å². The van der Waals surface area contributed by atoms with Crippen LogP contribution in [0.5, 0.6) is 0 Å². The smallest absolute Gasteiger partial charge is 0.239 e. The second kappa shape index (κ2) is 7.02. The second-order valence-electron chi connectivity index (χ2n) is 4.60. The van der Waals surface area contributed by atoms with Crippen molar-refractivity contribution < 1.29 is 14.7 Å². The lowest BCUT2D eigenvalue weighted by atomic mass is 9.95. The van der Waals surface area contributed by atoms with E-state index in [4.69, 9.17) is 9.47 Å². The van der Waals surface area contributed by atoms with E-state index in [1.807, 2.05) is 60.7 Å². The van der Waals surface area contributed by atoms with Gasteiger partial charge >= 0.3 is 0 Å². The van der Waals surface area contributed by atoms with Crippen LogP contribution >= 0.6 is 0 Å². The number of methoxy groups -OCH3 is 2. The number of rotatable bonds is 6. The van der Waals surface area contributed by atoms with Gasteiger partial charge in [-0.2, -0.15) is 0 Å². The minimum absolute atomic E-state index is 0.393. The van der Waals surface area contributed by atoms with E-state index < -0.39 is 5.79 Å². The molecule has 0 radical (unpaired) electrons. The third kappa shape index (κ3) is 3.12. The molecular formula is C17H19NO3. The molecule has 0 aliphatic heterocycles. The molecule has 0 saturated heterocycles. The van der Waals surface area contributed by atoms with Crippen molar-refractivity contribution in [3.05, 3.63) is 71.8 Å². The van der Waals surface area contributed by atoms with Gasteiger partial charge in [0.05, 0.1) is 0 Å². The third-order valence-corrected chi connectivity index (χ3v) is 3.44. The highest BCUT2D eigenvalue weighted by Crippen LogP contribution is 2.29. The summed E-state index contributed by atoms with van der Waals surface area (Å²) >= 11 is 0. The summed E-state index contributed by atoms with van der Waals surface area (Å²) in [7, 11) is 3.07. The molecule has 4 heteroatoms. The number of hydrogen-bond donors (Lipinski definition) is 1. The van der Waals surface area contributed by atoms with Gasteiger partial charge in [0.2, 0.25) is 5.79 Å². The predicted molar refractivity (Wildman–Crippen MR) is 81.5 cm³/mol. The van der Waals surface area contributed by atoms with Crippen LogP contribution in [0, 0.1) is 0 Å². The van der Waals surface area contributed by atoms with Crippen LogP contribution in [0.15, 0.2) is 65.8 Å². The molecule has 110 valence electrons. The van der Waals surface area contributed by atoms with Gasteiger partial charge in [0.15, 0.2) is 0 Å². The van der Waals surface area contributed by atoms with Crippen LogP contribution in [0.3, 0.4) is 0 Å². The van der Waals surface area contributed by atoms with E-state index in [2.05, 4.69) is 5.16 Å². The van der Waals surface area contributed by atoms with Crippen molar-refractivity contribution in [1.82, 2.24) is 0 Å². The van der Waals surface area contributed by atoms with Crippen LogP contribution in [0.25, 0.3) is 0 Å². The van der Waals surface area contributed by atoms with Gasteiger partial charge in [-0.3, -0.25) is 0 Å². The van der Waals surface area contributed by atoms with E-state index in [0.717, 1.165) is 11.1 Å². The van der Waals surface area contributed by atoms with Gasteiger partial charge in [-0.1, -0.05) is 65.8 Å². The van der Waals surface area contributed by atoms with Crippen LogP contribution in [0.2, 0.25) is 0 Å². The van der Waals surface area contributed by atoms with Crippen LogP contribution < -0.4 is 0 Å². The lowest BCUT2D eigenvalue weighted by molar-refractivity contribution is -0.163. The van der Waals surface area contributed by atoms with E-state index >= 15 is 0 Å². The van der Waals surface area contributed by atoms with E-state index in [9.17, 15) is 5.21 Å². The fourth-order valence-corrected chi connectivity index (χ4v) is 2.39. The number of ether oxygens (including phenoxy) is 2. The largest absolute Gasteiger partial charge is 0.411 e. The Labute approximate surface area is 124 Å². The molecule has 21 heavy (non-hydrogen) atoms. The second-order valence-corrected chi connectivity index (χ2v) is 4.60. The monoisotopic (exact) mass is 285 g/mol. The first kappa shape index (κ1) is 15.2. The van der Waals surface area contributed by atoms with Gasteiger partial charge in [-0.25, -0.2) is 0 Å². The first-order chi connectivity index (χ1) is 10.3. The van der Waals surface area contributed by atoms with Crippen molar-refractivity contribution in [3.63, 3.8) is 0 Å². The molecule has 0 aliphatic rings. The van der Waals surface area contributed by atoms with Crippen molar-refractivity contribution >= 4 is 5.71 Å². The molecule has 2 aromatic rings. The molecule has 0 bridgehead atoms. The maximum atomic E-state index is 9.47. The fraction of sp³-hybridized carbons (Fsp3) is 0.235. The number of nitrogens with zero attached hydrogens (tertiary/aromatic N) is 1. The third-order valence-electron chi connectivity index (χ3n) is 3.44. The summed E-state index contributed by atoms with van der Waals surface area (Å²) in [4.78, 5) is 0. The Morgan fingerprint density at radius 3 is 1.95 bits per heavy atom. The predicted octanol–water partition coefficient (Wildman–Crippen LogP) is 3.21. The van der Waals surface area contributed by atoms with E-state index in [-0.39, 0.29) is 0 Å². The lowest BCUT2D eigenvalue weighted by Gasteiger charge is -2.31. The van der Waals surface area contributed by atoms with Crippen molar-refractivity contribution in [2.75, 3.05) is 14.2 Å². The maximum Gasteiger partial charge on any atom is 0.239 e. The molecule has 0 heterocycles. The first-order valence-corrected chi connectivity index (χ1v) is 6.68. The Balaban J connectivity index is 2.40. The number of oxime groups is 1. The maximum absolute atomic E-state index is 9.47. The standard InChI is InChI=1S/C17H19NO3/c1-20-17(21-2,15-11-7-4-8-12-15)16(18-19)13-14-9-5-3-6-10-14/h3-12,19H,13H2,1-2H3/b18-16+. The summed E-state index contributed by atoms with van der Waals surface area (Å²) in [5.41, 5.74) is 2.18. The molecule has 0 aliphatic carbocycles. The van der Waals surface area contributed by atoms with Crippen LogP contribution in [0.1, 0.15) is 11.1 Å². The Morgan fingerprint density at radius 2 is 1.48 bits per heavy atom. The first-order valence-electron chi connectivity index (χ1n) is 6.68. The SMILES string of the molecule is COC(OC)(/C(Cc1ccccc1)=N/O)c1ccccc1. The zero-order chi connectivity index (χ0) is 15.1. The summed E-state index contributed by atoms with van der Waals surface area (Å²) < 4.78 is 11.2. The minimum Gasteiger partial charge on any atom is -0.411 e. The van der Waals surface area contributed by atoms with Crippen LogP contribution in [-0.2, 0) is 21.7 Å². The van der Waals surface area contributed by atoms with Gasteiger partial charge in [-0.05, 0) is 5.56 Å². The Kier molecular flexibility index (Phi) is 5.09. The summed E-state index contributed by atoms with van der Waals surface area (Å²) in [6, 6.07) is 19.2. The van der Waals surface area contributed by atoms with Gasteiger partial charge in [-0.15, -0.1) is 0 Å². The fourth-order valence-electron chi connectivity index (χ4n) is 2.39. The Hall–Kier alpha value is -2.17. The molecule has 0 saturated carbocycles. The highest BCUT2D eigenvalue weighted by atomic mass is 16.7. The molecule has 1 N–H and O–H groups in total. The molecule has 0 unspecified atom stereocenters.